The van der Waals surface area contributed by atoms with Gasteiger partial charge in [0.2, 0.25) is 0 Å². The Hall–Kier alpha value is -0.0800. The van der Waals surface area contributed by atoms with Crippen molar-refractivity contribution in [1.29, 1.82) is 0 Å². The number of rotatable bonds is 2. The lowest BCUT2D eigenvalue weighted by molar-refractivity contribution is -0.00826. The van der Waals surface area contributed by atoms with E-state index in [0.29, 0.717) is 5.92 Å². The molecule has 0 amide bonds. The Morgan fingerprint density at radius 1 is 1.50 bits per heavy atom. The summed E-state index contributed by atoms with van der Waals surface area (Å²) in [5.74, 6) is 1.42. The maximum atomic E-state index is 5.57. The summed E-state index contributed by atoms with van der Waals surface area (Å²) in [6, 6.07) is 0. The largest absolute Gasteiger partial charge is 0.381 e. The second kappa shape index (κ2) is 3.00. The molecule has 2 saturated heterocycles. The quantitative estimate of drug-likeness (QED) is 0.590. The normalized spacial score (nSPS) is 40.8. The van der Waals surface area contributed by atoms with E-state index in [4.69, 9.17) is 9.47 Å². The van der Waals surface area contributed by atoms with Gasteiger partial charge < -0.3 is 9.47 Å². The zero-order chi connectivity index (χ0) is 8.60. The van der Waals surface area contributed by atoms with Gasteiger partial charge in [-0.15, -0.1) is 0 Å². The van der Waals surface area contributed by atoms with E-state index in [1.165, 1.54) is 6.42 Å². The van der Waals surface area contributed by atoms with Crippen molar-refractivity contribution in [2.45, 2.75) is 32.3 Å². The van der Waals surface area contributed by atoms with Gasteiger partial charge >= 0.3 is 0 Å². The molecule has 2 nitrogen and oxygen atoms in total. The van der Waals surface area contributed by atoms with Crippen LogP contribution in [0, 0.1) is 11.8 Å². The first kappa shape index (κ1) is 8.52. The lowest BCUT2D eigenvalue weighted by Crippen LogP contribution is -2.35. The summed E-state index contributed by atoms with van der Waals surface area (Å²) in [5, 5.41) is 0. The third-order valence-corrected chi connectivity index (χ3v) is 3.00. The highest BCUT2D eigenvalue weighted by Crippen LogP contribution is 2.44. The smallest absolute Gasteiger partial charge is 0.0988 e. The Morgan fingerprint density at radius 2 is 2.25 bits per heavy atom. The van der Waals surface area contributed by atoms with Crippen molar-refractivity contribution in [2.24, 2.45) is 11.8 Å². The number of hydrogen-bond acceptors (Lipinski definition) is 2. The molecule has 0 N–H and O–H groups in total. The topological polar surface area (TPSA) is 21.8 Å². The van der Waals surface area contributed by atoms with E-state index in [-0.39, 0.29) is 5.60 Å². The van der Waals surface area contributed by atoms with Crippen molar-refractivity contribution in [3.63, 3.8) is 0 Å². The van der Waals surface area contributed by atoms with E-state index >= 15 is 0 Å². The van der Waals surface area contributed by atoms with E-state index in [9.17, 15) is 0 Å². The van der Waals surface area contributed by atoms with Crippen LogP contribution in [0.1, 0.15) is 26.7 Å². The summed E-state index contributed by atoms with van der Waals surface area (Å²) in [5.41, 5.74) is 0.252. The van der Waals surface area contributed by atoms with E-state index in [0.717, 1.165) is 32.2 Å². The van der Waals surface area contributed by atoms with Gasteiger partial charge in [0.15, 0.2) is 0 Å². The second-order valence-electron chi connectivity index (χ2n) is 4.50. The molecule has 0 aromatic heterocycles. The minimum absolute atomic E-state index is 0.252. The Kier molecular flexibility index (Phi) is 2.13. The van der Waals surface area contributed by atoms with Gasteiger partial charge in [-0.1, -0.05) is 13.8 Å². The van der Waals surface area contributed by atoms with E-state index < -0.39 is 0 Å². The average molecular weight is 170 g/mol. The molecule has 0 radical (unpaired) electrons. The minimum atomic E-state index is 0.252. The predicted octanol–water partition coefficient (Wildman–Crippen LogP) is 1.84. The summed E-state index contributed by atoms with van der Waals surface area (Å²) >= 11 is 0. The molecule has 12 heavy (non-hydrogen) atoms. The van der Waals surface area contributed by atoms with Gasteiger partial charge in [-0.05, 0) is 12.3 Å². The van der Waals surface area contributed by atoms with Crippen LogP contribution in [0.5, 0.6) is 0 Å². The third kappa shape index (κ3) is 1.50. The predicted molar refractivity (Wildman–Crippen MR) is 47.1 cm³/mol. The van der Waals surface area contributed by atoms with Gasteiger partial charge in [-0.2, -0.15) is 0 Å². The molecule has 0 aromatic rings. The van der Waals surface area contributed by atoms with Gasteiger partial charge in [0.1, 0.15) is 0 Å². The Bertz CT molecular complexity index is 161. The summed E-state index contributed by atoms with van der Waals surface area (Å²) in [6.45, 7) is 7.33. The van der Waals surface area contributed by atoms with Crippen LogP contribution in [0.3, 0.4) is 0 Å². The molecule has 70 valence electrons. The first-order chi connectivity index (χ1) is 5.73. The molecular formula is C10H18O2. The number of hydrogen-bond donors (Lipinski definition) is 0. The van der Waals surface area contributed by atoms with Crippen LogP contribution in [0.25, 0.3) is 0 Å². The van der Waals surface area contributed by atoms with Crippen molar-refractivity contribution in [3.8, 4) is 0 Å². The second-order valence-corrected chi connectivity index (χ2v) is 4.50. The molecule has 2 aliphatic rings. The minimum Gasteiger partial charge on any atom is -0.381 e. The van der Waals surface area contributed by atoms with Gasteiger partial charge in [0.25, 0.3) is 0 Å². The highest BCUT2D eigenvalue weighted by Gasteiger charge is 2.52. The van der Waals surface area contributed by atoms with Crippen molar-refractivity contribution in [3.05, 3.63) is 0 Å². The van der Waals surface area contributed by atoms with Crippen LogP contribution in [-0.4, -0.2) is 25.4 Å². The molecule has 2 heterocycles. The van der Waals surface area contributed by atoms with E-state index in [2.05, 4.69) is 13.8 Å². The maximum Gasteiger partial charge on any atom is 0.0988 e. The summed E-state index contributed by atoms with van der Waals surface area (Å²) in [4.78, 5) is 0. The fourth-order valence-corrected chi connectivity index (χ4v) is 2.15. The molecule has 2 atom stereocenters. The molecule has 2 heteroatoms. The number of ether oxygens (including phenoxy) is 2. The van der Waals surface area contributed by atoms with Gasteiger partial charge in [0, 0.05) is 18.9 Å². The Balaban J connectivity index is 1.93. The number of epoxide rings is 1. The Morgan fingerprint density at radius 3 is 2.83 bits per heavy atom. The SMILES string of the molecule is CC(C)CC1COCCC12CO2. The molecule has 0 aromatic carbocycles. The monoisotopic (exact) mass is 170 g/mol. The molecule has 1 spiro atoms. The van der Waals surface area contributed by atoms with Crippen molar-refractivity contribution in [1.82, 2.24) is 0 Å². The van der Waals surface area contributed by atoms with Gasteiger partial charge in [0.05, 0.1) is 18.8 Å². The van der Waals surface area contributed by atoms with Crippen molar-refractivity contribution in [2.75, 3.05) is 19.8 Å². The Labute approximate surface area is 74.2 Å². The van der Waals surface area contributed by atoms with Crippen LogP contribution >= 0.6 is 0 Å². The summed E-state index contributed by atoms with van der Waals surface area (Å²) < 4.78 is 11.0. The van der Waals surface area contributed by atoms with Crippen LogP contribution in [-0.2, 0) is 9.47 Å². The van der Waals surface area contributed by atoms with Crippen LogP contribution in [0.2, 0.25) is 0 Å². The van der Waals surface area contributed by atoms with E-state index in [1.54, 1.807) is 0 Å². The van der Waals surface area contributed by atoms with Crippen LogP contribution in [0.15, 0.2) is 0 Å². The molecule has 2 rings (SSSR count). The lowest BCUT2D eigenvalue weighted by Gasteiger charge is -2.30. The average Bonchev–Trinajstić information content (AvgIpc) is 2.75. The van der Waals surface area contributed by atoms with Gasteiger partial charge in [-0.25, -0.2) is 0 Å². The molecule has 0 saturated carbocycles. The van der Waals surface area contributed by atoms with Gasteiger partial charge in [-0.3, -0.25) is 0 Å². The standard InChI is InChI=1S/C10H18O2/c1-8(2)5-9-6-11-4-3-10(9)7-12-10/h8-9H,3-7H2,1-2H3. The summed E-state index contributed by atoms with van der Waals surface area (Å²) in [6.07, 6.45) is 2.37. The fraction of sp³-hybridized carbons (Fsp3) is 1.00. The first-order valence-corrected chi connectivity index (χ1v) is 4.95. The molecular weight excluding hydrogens is 152 g/mol. The highest BCUT2D eigenvalue weighted by molar-refractivity contribution is 5.00. The van der Waals surface area contributed by atoms with Crippen LogP contribution in [0.4, 0.5) is 0 Å². The maximum absolute atomic E-state index is 5.57. The van der Waals surface area contributed by atoms with E-state index in [1.807, 2.05) is 0 Å². The zero-order valence-corrected chi connectivity index (χ0v) is 8.01. The molecule has 0 aliphatic carbocycles. The fourth-order valence-electron chi connectivity index (χ4n) is 2.15. The zero-order valence-electron chi connectivity index (χ0n) is 8.01. The van der Waals surface area contributed by atoms with Crippen LogP contribution < -0.4 is 0 Å². The highest BCUT2D eigenvalue weighted by atomic mass is 16.6. The molecule has 2 unspecified atom stereocenters. The lowest BCUT2D eigenvalue weighted by atomic mass is 9.83. The van der Waals surface area contributed by atoms with Crippen molar-refractivity contribution >= 4 is 0 Å². The third-order valence-electron chi connectivity index (χ3n) is 3.00. The molecule has 2 aliphatic heterocycles. The summed E-state index contributed by atoms with van der Waals surface area (Å²) in [7, 11) is 0. The molecule has 0 bridgehead atoms. The van der Waals surface area contributed by atoms with Crippen molar-refractivity contribution < 1.29 is 9.47 Å². The first-order valence-electron chi connectivity index (χ1n) is 4.95. The molecule has 2 fully saturated rings.